The quantitative estimate of drug-likeness (QED) is 0.483. The summed E-state index contributed by atoms with van der Waals surface area (Å²) in [7, 11) is 0. The van der Waals surface area contributed by atoms with Crippen LogP contribution in [0.2, 0.25) is 5.02 Å². The lowest BCUT2D eigenvalue weighted by atomic mass is 10.0. The molecule has 0 aliphatic carbocycles. The minimum absolute atomic E-state index is 0.0934. The molecule has 0 aliphatic heterocycles. The molecular formula is C18H20ClNO3S2. The van der Waals surface area contributed by atoms with Crippen molar-refractivity contribution >= 4 is 51.6 Å². The Labute approximate surface area is 160 Å². The first-order valence-corrected chi connectivity index (χ1v) is 10.5. The van der Waals surface area contributed by atoms with Crippen LogP contribution >= 0.6 is 34.7 Å². The number of carbonyl (C=O) groups is 2. The highest BCUT2D eigenvalue weighted by Crippen LogP contribution is 2.36. The lowest BCUT2D eigenvalue weighted by molar-refractivity contribution is -0.116. The third-order valence-corrected chi connectivity index (χ3v) is 5.28. The zero-order valence-corrected chi connectivity index (χ0v) is 16.5. The maximum absolute atomic E-state index is 12.4. The summed E-state index contributed by atoms with van der Waals surface area (Å²) in [6.45, 7) is 2.03. The summed E-state index contributed by atoms with van der Waals surface area (Å²) in [5.41, 5.74) is 1.98. The van der Waals surface area contributed by atoms with Crippen LogP contribution in [-0.2, 0) is 9.53 Å². The number of anilines is 1. The van der Waals surface area contributed by atoms with Gasteiger partial charge in [0.15, 0.2) is 0 Å². The number of hydrogen-bond acceptors (Lipinski definition) is 5. The number of hydrogen-bond donors (Lipinski definition) is 1. The molecule has 1 aromatic heterocycles. The topological polar surface area (TPSA) is 55.4 Å². The maximum Gasteiger partial charge on any atom is 0.341 e. The number of amides is 1. The second-order valence-electron chi connectivity index (χ2n) is 5.23. The summed E-state index contributed by atoms with van der Waals surface area (Å²) >= 11 is 8.97. The van der Waals surface area contributed by atoms with Crippen LogP contribution in [0.4, 0.5) is 5.00 Å². The third-order valence-electron chi connectivity index (χ3n) is 3.43. The van der Waals surface area contributed by atoms with Crippen molar-refractivity contribution in [1.82, 2.24) is 0 Å². The van der Waals surface area contributed by atoms with Crippen molar-refractivity contribution in [1.29, 1.82) is 0 Å². The van der Waals surface area contributed by atoms with Crippen molar-refractivity contribution in [2.75, 3.05) is 23.9 Å². The van der Waals surface area contributed by atoms with Gasteiger partial charge in [-0.1, -0.05) is 23.7 Å². The van der Waals surface area contributed by atoms with E-state index in [9.17, 15) is 9.59 Å². The first-order chi connectivity index (χ1) is 12.1. The SMILES string of the molecule is CCOC(=O)c1c(-c2ccc(Cl)cc2)csc1NC(=O)CCCSC. The molecule has 2 rings (SSSR count). The van der Waals surface area contributed by atoms with Gasteiger partial charge in [-0.05, 0) is 43.0 Å². The highest BCUT2D eigenvalue weighted by Gasteiger charge is 2.22. The van der Waals surface area contributed by atoms with E-state index < -0.39 is 5.97 Å². The summed E-state index contributed by atoms with van der Waals surface area (Å²) in [5.74, 6) is 0.399. The standard InChI is InChI=1S/C18H20ClNO3S2/c1-3-23-18(22)16-14(12-6-8-13(19)9-7-12)11-25-17(16)20-15(21)5-4-10-24-2/h6-9,11H,3-5,10H2,1-2H3,(H,20,21). The fourth-order valence-corrected chi connectivity index (χ4v) is 3.80. The van der Waals surface area contributed by atoms with Gasteiger partial charge in [0.2, 0.25) is 5.91 Å². The zero-order valence-electron chi connectivity index (χ0n) is 14.1. The lowest BCUT2D eigenvalue weighted by Gasteiger charge is -2.09. The minimum atomic E-state index is -0.437. The van der Waals surface area contributed by atoms with Crippen molar-refractivity contribution in [3.8, 4) is 11.1 Å². The van der Waals surface area contributed by atoms with Crippen LogP contribution < -0.4 is 5.32 Å². The van der Waals surface area contributed by atoms with Crippen molar-refractivity contribution < 1.29 is 14.3 Å². The second-order valence-corrected chi connectivity index (χ2v) is 7.53. The van der Waals surface area contributed by atoms with E-state index >= 15 is 0 Å². The number of carbonyl (C=O) groups excluding carboxylic acids is 2. The molecule has 2 aromatic rings. The Bertz CT molecular complexity index is 728. The molecule has 0 aliphatic rings. The molecule has 0 bridgehead atoms. The zero-order chi connectivity index (χ0) is 18.2. The molecule has 7 heteroatoms. The number of rotatable bonds is 8. The van der Waals surface area contributed by atoms with E-state index in [1.165, 1.54) is 11.3 Å². The largest absolute Gasteiger partial charge is 0.462 e. The maximum atomic E-state index is 12.4. The molecular weight excluding hydrogens is 378 g/mol. The Kier molecular flexibility index (Phi) is 7.81. The number of ether oxygens (including phenoxy) is 1. The predicted octanol–water partition coefficient (Wildman–Crippen LogP) is 5.33. The van der Waals surface area contributed by atoms with Crippen LogP contribution in [0.15, 0.2) is 29.6 Å². The van der Waals surface area contributed by atoms with Gasteiger partial charge in [0.05, 0.1) is 6.61 Å². The van der Waals surface area contributed by atoms with Gasteiger partial charge in [-0.2, -0.15) is 11.8 Å². The molecule has 0 fully saturated rings. The molecule has 1 N–H and O–H groups in total. The molecule has 25 heavy (non-hydrogen) atoms. The predicted molar refractivity (Wildman–Crippen MR) is 107 cm³/mol. The van der Waals surface area contributed by atoms with Crippen molar-refractivity contribution in [3.63, 3.8) is 0 Å². The molecule has 0 radical (unpaired) electrons. The highest BCUT2D eigenvalue weighted by molar-refractivity contribution is 7.98. The molecule has 1 heterocycles. The molecule has 0 saturated carbocycles. The second kappa shape index (κ2) is 9.85. The van der Waals surface area contributed by atoms with Gasteiger partial charge in [0, 0.05) is 22.4 Å². The smallest absolute Gasteiger partial charge is 0.341 e. The first kappa shape index (κ1) is 19.8. The van der Waals surface area contributed by atoms with E-state index in [2.05, 4.69) is 5.32 Å². The molecule has 134 valence electrons. The van der Waals surface area contributed by atoms with E-state index in [0.717, 1.165) is 23.3 Å². The van der Waals surface area contributed by atoms with E-state index in [0.29, 0.717) is 22.0 Å². The number of nitrogens with one attached hydrogen (secondary N) is 1. The number of thioether (sulfide) groups is 1. The fraction of sp³-hybridized carbons (Fsp3) is 0.333. The van der Waals surface area contributed by atoms with Crippen molar-refractivity contribution in [2.45, 2.75) is 19.8 Å². The Morgan fingerprint density at radius 3 is 2.64 bits per heavy atom. The summed E-state index contributed by atoms with van der Waals surface area (Å²) in [6.07, 6.45) is 3.24. The van der Waals surface area contributed by atoms with Crippen LogP contribution in [0.1, 0.15) is 30.1 Å². The Morgan fingerprint density at radius 2 is 2.00 bits per heavy atom. The van der Waals surface area contributed by atoms with Crippen LogP contribution in [0.25, 0.3) is 11.1 Å². The van der Waals surface area contributed by atoms with Gasteiger partial charge >= 0.3 is 5.97 Å². The monoisotopic (exact) mass is 397 g/mol. The summed E-state index contributed by atoms with van der Waals surface area (Å²) in [6, 6.07) is 7.22. The fourth-order valence-electron chi connectivity index (χ4n) is 2.26. The normalized spacial score (nSPS) is 10.5. The molecule has 0 atom stereocenters. The lowest BCUT2D eigenvalue weighted by Crippen LogP contribution is -2.14. The molecule has 0 spiro atoms. The van der Waals surface area contributed by atoms with Gasteiger partial charge in [-0.25, -0.2) is 4.79 Å². The van der Waals surface area contributed by atoms with Gasteiger partial charge in [0.1, 0.15) is 10.6 Å². The van der Waals surface area contributed by atoms with Crippen molar-refractivity contribution in [2.24, 2.45) is 0 Å². The summed E-state index contributed by atoms with van der Waals surface area (Å²) in [5, 5.41) is 5.86. The van der Waals surface area contributed by atoms with Gasteiger partial charge < -0.3 is 10.1 Å². The van der Waals surface area contributed by atoms with Crippen LogP contribution in [0, 0.1) is 0 Å². The van der Waals surface area contributed by atoms with Crippen LogP contribution in [0.3, 0.4) is 0 Å². The van der Waals surface area contributed by atoms with Crippen molar-refractivity contribution in [3.05, 3.63) is 40.2 Å². The van der Waals surface area contributed by atoms with Gasteiger partial charge in [0.25, 0.3) is 0 Å². The summed E-state index contributed by atoms with van der Waals surface area (Å²) < 4.78 is 5.18. The van der Waals surface area contributed by atoms with E-state index in [-0.39, 0.29) is 12.5 Å². The number of benzene rings is 1. The number of esters is 1. The van der Waals surface area contributed by atoms with E-state index in [1.807, 2.05) is 23.8 Å². The van der Waals surface area contributed by atoms with Gasteiger partial charge in [-0.15, -0.1) is 11.3 Å². The van der Waals surface area contributed by atoms with E-state index in [4.69, 9.17) is 16.3 Å². The van der Waals surface area contributed by atoms with Gasteiger partial charge in [-0.3, -0.25) is 4.79 Å². The third kappa shape index (κ3) is 5.49. The Balaban J connectivity index is 2.29. The molecule has 4 nitrogen and oxygen atoms in total. The molecule has 1 amide bonds. The molecule has 0 unspecified atom stereocenters. The molecule has 1 aromatic carbocycles. The highest BCUT2D eigenvalue weighted by atomic mass is 35.5. The first-order valence-electron chi connectivity index (χ1n) is 7.90. The minimum Gasteiger partial charge on any atom is -0.462 e. The number of thiophene rings is 1. The summed E-state index contributed by atoms with van der Waals surface area (Å²) in [4.78, 5) is 24.6. The Hall–Kier alpha value is -1.50. The number of halogens is 1. The Morgan fingerprint density at radius 1 is 1.28 bits per heavy atom. The van der Waals surface area contributed by atoms with E-state index in [1.54, 1.807) is 30.8 Å². The van der Waals surface area contributed by atoms with Crippen LogP contribution in [-0.4, -0.2) is 30.5 Å². The van der Waals surface area contributed by atoms with Crippen LogP contribution in [0.5, 0.6) is 0 Å². The molecule has 0 saturated heterocycles. The average Bonchev–Trinajstić information content (AvgIpc) is 2.99. The average molecular weight is 398 g/mol.